The highest BCUT2D eigenvalue weighted by Gasteiger charge is 2.26. The van der Waals surface area contributed by atoms with E-state index in [1.54, 1.807) is 29.2 Å². The van der Waals surface area contributed by atoms with Gasteiger partial charge in [0.05, 0.1) is 16.3 Å². The first kappa shape index (κ1) is 25.2. The first-order valence-corrected chi connectivity index (χ1v) is 12.5. The maximum atomic E-state index is 13.0. The minimum absolute atomic E-state index is 0.0126. The summed E-state index contributed by atoms with van der Waals surface area (Å²) in [6.07, 6.45) is 0. The second-order valence-electron chi connectivity index (χ2n) is 9.24. The van der Waals surface area contributed by atoms with Crippen LogP contribution >= 0.6 is 0 Å². The topological polar surface area (TPSA) is 107 Å². The number of rotatable bonds is 8. The largest absolute Gasteiger partial charge is 0.479 e. The van der Waals surface area contributed by atoms with Gasteiger partial charge in [-0.1, -0.05) is 30.3 Å². The number of nitro groups is 1. The van der Waals surface area contributed by atoms with Crippen LogP contribution in [0.1, 0.15) is 33.3 Å². The molecule has 0 saturated carbocycles. The summed E-state index contributed by atoms with van der Waals surface area (Å²) in [6, 6.07) is 19.5. The van der Waals surface area contributed by atoms with Crippen LogP contribution in [0.2, 0.25) is 0 Å². The third kappa shape index (κ3) is 5.30. The van der Waals surface area contributed by atoms with Crippen LogP contribution in [0.25, 0.3) is 5.69 Å². The lowest BCUT2D eigenvalue weighted by molar-refractivity contribution is -0.386. The highest BCUT2D eigenvalue weighted by atomic mass is 16.6. The Balaban J connectivity index is 1.16. The highest BCUT2D eigenvalue weighted by Crippen LogP contribution is 2.27. The number of carbonyl (C=O) groups is 1. The number of amides is 1. The van der Waals surface area contributed by atoms with Gasteiger partial charge in [0.15, 0.2) is 11.5 Å². The van der Waals surface area contributed by atoms with Gasteiger partial charge in [-0.15, -0.1) is 0 Å². The fourth-order valence-corrected chi connectivity index (χ4v) is 4.66. The van der Waals surface area contributed by atoms with E-state index < -0.39 is 4.92 Å². The summed E-state index contributed by atoms with van der Waals surface area (Å²) in [6.45, 7) is 7.57. The maximum absolute atomic E-state index is 13.0. The molecular formula is C28H29N5O5. The standard InChI is InChI=1S/C28H29N5O5/c1-20-24(21(2)32(29-20)22-8-4-3-5-9-22)18-30-14-16-31(17-15-30)28(34)27-13-12-23(38-27)19-37-26-11-7-6-10-25(26)33(35)36/h3-13H,14-19H2,1-2H3. The lowest BCUT2D eigenvalue weighted by Gasteiger charge is -2.34. The molecule has 2 aromatic carbocycles. The van der Waals surface area contributed by atoms with Crippen molar-refractivity contribution in [3.63, 3.8) is 0 Å². The number of benzene rings is 2. The van der Waals surface area contributed by atoms with Crippen LogP contribution < -0.4 is 4.74 Å². The van der Waals surface area contributed by atoms with E-state index in [-0.39, 0.29) is 29.7 Å². The number of nitrogens with zero attached hydrogens (tertiary/aromatic N) is 5. The van der Waals surface area contributed by atoms with E-state index in [1.807, 2.05) is 41.9 Å². The van der Waals surface area contributed by atoms with Gasteiger partial charge in [-0.25, -0.2) is 4.68 Å². The molecule has 0 atom stereocenters. The zero-order valence-corrected chi connectivity index (χ0v) is 21.4. The number of para-hydroxylation sites is 3. The Hall–Kier alpha value is -4.44. The fourth-order valence-electron chi connectivity index (χ4n) is 4.66. The third-order valence-corrected chi connectivity index (χ3v) is 6.79. The molecule has 38 heavy (non-hydrogen) atoms. The van der Waals surface area contributed by atoms with E-state index in [1.165, 1.54) is 17.7 Å². The number of furan rings is 1. The Labute approximate surface area is 220 Å². The van der Waals surface area contributed by atoms with Crippen molar-refractivity contribution in [1.29, 1.82) is 0 Å². The second kappa shape index (κ2) is 10.9. The van der Waals surface area contributed by atoms with Crippen molar-refractivity contribution in [3.8, 4) is 11.4 Å². The molecule has 2 aromatic heterocycles. The van der Waals surface area contributed by atoms with Gasteiger partial charge in [0.1, 0.15) is 12.4 Å². The molecule has 0 radical (unpaired) electrons. The quantitative estimate of drug-likeness (QED) is 0.251. The summed E-state index contributed by atoms with van der Waals surface area (Å²) >= 11 is 0. The Morgan fingerprint density at radius 2 is 1.71 bits per heavy atom. The molecular weight excluding hydrogens is 486 g/mol. The smallest absolute Gasteiger partial charge is 0.310 e. The molecule has 5 rings (SSSR count). The SMILES string of the molecule is Cc1nn(-c2ccccc2)c(C)c1CN1CCN(C(=O)c2ccc(COc3ccccc3[N+](=O)[O-])o2)CC1. The molecule has 1 amide bonds. The summed E-state index contributed by atoms with van der Waals surface area (Å²) in [5, 5.41) is 15.9. The van der Waals surface area contributed by atoms with E-state index in [0.29, 0.717) is 18.8 Å². The number of hydrogen-bond acceptors (Lipinski definition) is 7. The minimum atomic E-state index is -0.496. The molecule has 196 valence electrons. The van der Waals surface area contributed by atoms with Crippen LogP contribution in [-0.4, -0.2) is 56.6 Å². The van der Waals surface area contributed by atoms with Crippen LogP contribution in [-0.2, 0) is 13.2 Å². The first-order chi connectivity index (χ1) is 18.4. The molecule has 1 fully saturated rings. The number of carbonyl (C=O) groups excluding carboxylic acids is 1. The number of aromatic nitrogens is 2. The van der Waals surface area contributed by atoms with Crippen LogP contribution in [0.4, 0.5) is 5.69 Å². The lowest BCUT2D eigenvalue weighted by Crippen LogP contribution is -2.48. The maximum Gasteiger partial charge on any atom is 0.310 e. The Kier molecular flexibility index (Phi) is 7.23. The lowest BCUT2D eigenvalue weighted by atomic mass is 10.1. The molecule has 0 bridgehead atoms. The summed E-state index contributed by atoms with van der Waals surface area (Å²) in [4.78, 5) is 27.8. The average Bonchev–Trinajstić information content (AvgIpc) is 3.53. The average molecular weight is 516 g/mol. The molecule has 1 saturated heterocycles. The zero-order valence-electron chi connectivity index (χ0n) is 21.4. The van der Waals surface area contributed by atoms with Gasteiger partial charge < -0.3 is 14.1 Å². The summed E-state index contributed by atoms with van der Waals surface area (Å²) in [5.41, 5.74) is 4.27. The number of piperazine rings is 1. The molecule has 0 spiro atoms. The molecule has 1 aliphatic rings. The van der Waals surface area contributed by atoms with Gasteiger partial charge >= 0.3 is 5.69 Å². The Morgan fingerprint density at radius 3 is 2.45 bits per heavy atom. The van der Waals surface area contributed by atoms with Crippen LogP contribution in [0, 0.1) is 24.0 Å². The van der Waals surface area contributed by atoms with Crippen molar-refractivity contribution in [2.75, 3.05) is 26.2 Å². The fraction of sp³-hybridized carbons (Fsp3) is 0.286. The molecule has 0 N–H and O–H groups in total. The van der Waals surface area contributed by atoms with Gasteiger partial charge in [0.2, 0.25) is 0 Å². The number of hydrogen-bond donors (Lipinski definition) is 0. The van der Waals surface area contributed by atoms with Gasteiger partial charge in [-0.2, -0.15) is 5.10 Å². The summed E-state index contributed by atoms with van der Waals surface area (Å²) < 4.78 is 13.3. The normalized spacial score (nSPS) is 14.0. The summed E-state index contributed by atoms with van der Waals surface area (Å²) in [5.74, 6) is 0.630. The van der Waals surface area contributed by atoms with Gasteiger partial charge in [0.25, 0.3) is 5.91 Å². The van der Waals surface area contributed by atoms with E-state index in [9.17, 15) is 14.9 Å². The number of ether oxygens (including phenoxy) is 1. The number of nitro benzene ring substituents is 1. The zero-order chi connectivity index (χ0) is 26.6. The number of aryl methyl sites for hydroxylation is 1. The highest BCUT2D eigenvalue weighted by molar-refractivity contribution is 5.91. The van der Waals surface area contributed by atoms with E-state index in [4.69, 9.17) is 14.3 Å². The predicted octanol–water partition coefficient (Wildman–Crippen LogP) is 4.53. The van der Waals surface area contributed by atoms with Crippen LogP contribution in [0.3, 0.4) is 0 Å². The van der Waals surface area contributed by atoms with E-state index >= 15 is 0 Å². The van der Waals surface area contributed by atoms with Gasteiger partial charge in [-0.3, -0.25) is 19.8 Å². The molecule has 0 aliphatic carbocycles. The first-order valence-electron chi connectivity index (χ1n) is 12.5. The van der Waals surface area contributed by atoms with E-state index in [0.717, 1.165) is 36.7 Å². The molecule has 10 heteroatoms. The van der Waals surface area contributed by atoms with Crippen LogP contribution in [0.5, 0.6) is 5.75 Å². The van der Waals surface area contributed by atoms with Crippen molar-refractivity contribution in [1.82, 2.24) is 19.6 Å². The predicted molar refractivity (Wildman–Crippen MR) is 140 cm³/mol. The van der Waals surface area contributed by atoms with Crippen molar-refractivity contribution in [2.45, 2.75) is 27.0 Å². The second-order valence-corrected chi connectivity index (χ2v) is 9.24. The van der Waals surface area contributed by atoms with E-state index in [2.05, 4.69) is 11.8 Å². The Morgan fingerprint density at radius 1 is 1.00 bits per heavy atom. The van der Waals surface area contributed by atoms with Crippen molar-refractivity contribution < 1.29 is 18.9 Å². The molecule has 1 aliphatic heterocycles. The molecule has 0 unspecified atom stereocenters. The molecule has 3 heterocycles. The van der Waals surface area contributed by atoms with Gasteiger partial charge in [-0.05, 0) is 44.2 Å². The van der Waals surface area contributed by atoms with Crippen LogP contribution in [0.15, 0.2) is 71.1 Å². The van der Waals surface area contributed by atoms with Crippen molar-refractivity contribution >= 4 is 11.6 Å². The monoisotopic (exact) mass is 515 g/mol. The third-order valence-electron chi connectivity index (χ3n) is 6.79. The minimum Gasteiger partial charge on any atom is -0.479 e. The Bertz CT molecular complexity index is 1440. The van der Waals surface area contributed by atoms with Gasteiger partial charge in [0, 0.05) is 50.0 Å². The molecule has 10 nitrogen and oxygen atoms in total. The summed E-state index contributed by atoms with van der Waals surface area (Å²) in [7, 11) is 0. The molecule has 4 aromatic rings. The van der Waals surface area contributed by atoms with Crippen molar-refractivity contribution in [2.24, 2.45) is 0 Å². The van der Waals surface area contributed by atoms with Crippen molar-refractivity contribution in [3.05, 3.63) is 105 Å².